The number of nitrogens with one attached hydrogen (secondary N) is 1. The molecule has 1 aromatic heterocycles. The van der Waals surface area contributed by atoms with Crippen LogP contribution in [0.1, 0.15) is 75.8 Å². The van der Waals surface area contributed by atoms with Crippen molar-refractivity contribution in [3.8, 4) is 5.75 Å². The van der Waals surface area contributed by atoms with Crippen molar-refractivity contribution < 1.29 is 28.2 Å². The lowest BCUT2D eigenvalue weighted by atomic mass is 9.96. The topological polar surface area (TPSA) is 99.1 Å². The number of amides is 1. The molecule has 2 fully saturated rings. The second-order valence-corrected chi connectivity index (χ2v) is 11.7. The van der Waals surface area contributed by atoms with Crippen molar-refractivity contribution in [2.45, 2.75) is 77.5 Å². The first-order chi connectivity index (χ1) is 17.9. The summed E-state index contributed by atoms with van der Waals surface area (Å²) in [6, 6.07) is 1.09. The molecular formula is C28H36FN3O6. The number of methoxy groups -OCH3 is 1. The van der Waals surface area contributed by atoms with Crippen LogP contribution in [0.25, 0.3) is 10.9 Å². The van der Waals surface area contributed by atoms with Crippen LogP contribution in [-0.4, -0.2) is 54.6 Å². The van der Waals surface area contributed by atoms with Crippen LogP contribution in [0.4, 0.5) is 14.9 Å². The number of aryl methyl sites for hydroxylation is 1. The molecule has 0 spiro atoms. The first-order valence-electron chi connectivity index (χ1n) is 13.3. The zero-order valence-electron chi connectivity index (χ0n) is 22.9. The molecule has 0 radical (unpaired) electrons. The highest BCUT2D eigenvalue weighted by molar-refractivity contribution is 5.99. The van der Waals surface area contributed by atoms with Crippen molar-refractivity contribution >= 4 is 28.7 Å². The number of carbonyl (C=O) groups is 2. The first kappa shape index (κ1) is 26.3. The molecule has 1 saturated heterocycles. The number of carbonyl (C=O) groups excluding carboxylic acids is 2. The van der Waals surface area contributed by atoms with E-state index in [1.165, 1.54) is 13.2 Å². The Morgan fingerprint density at radius 1 is 1.29 bits per heavy atom. The number of anilines is 1. The standard InChI is InChI=1S/C28H36FN3O6/c1-7-17-18-12-19(25(34)36-6)24(33)32-15(2)14-37-23(21(18)32)22(20(17)29)31-11-8-16(13-31)28(9-10-28)30-26(35)38-27(3,4)5/h12,15-16H,7-11,13-14H2,1-6H3,(H,30,35)/t15-,16+/m0/s1. The Bertz CT molecular complexity index is 1370. The Labute approximate surface area is 221 Å². The van der Waals surface area contributed by atoms with Gasteiger partial charge < -0.3 is 24.4 Å². The van der Waals surface area contributed by atoms with Gasteiger partial charge in [0.2, 0.25) is 0 Å². The highest BCUT2D eigenvalue weighted by Gasteiger charge is 2.53. The van der Waals surface area contributed by atoms with Gasteiger partial charge in [0, 0.05) is 29.9 Å². The molecule has 2 atom stereocenters. The number of aromatic nitrogens is 1. The van der Waals surface area contributed by atoms with Crippen LogP contribution in [0.2, 0.25) is 0 Å². The fourth-order valence-electron chi connectivity index (χ4n) is 5.98. The Kier molecular flexibility index (Phi) is 6.35. The lowest BCUT2D eigenvalue weighted by Gasteiger charge is -2.32. The molecule has 9 nitrogen and oxygen atoms in total. The summed E-state index contributed by atoms with van der Waals surface area (Å²) in [6.45, 7) is 10.5. The van der Waals surface area contributed by atoms with Crippen molar-refractivity contribution in [2.24, 2.45) is 5.92 Å². The van der Waals surface area contributed by atoms with Crippen LogP contribution >= 0.6 is 0 Å². The summed E-state index contributed by atoms with van der Waals surface area (Å²) in [7, 11) is 1.22. The van der Waals surface area contributed by atoms with Crippen molar-refractivity contribution in [3.05, 3.63) is 33.4 Å². The van der Waals surface area contributed by atoms with E-state index < -0.39 is 29.0 Å². The number of rotatable bonds is 5. The summed E-state index contributed by atoms with van der Waals surface area (Å²) in [6.07, 6.45) is 2.41. The minimum absolute atomic E-state index is 0.119. The van der Waals surface area contributed by atoms with Gasteiger partial charge in [-0.25, -0.2) is 14.0 Å². The first-order valence-corrected chi connectivity index (χ1v) is 13.3. The average molecular weight is 530 g/mol. The molecule has 1 amide bonds. The van der Waals surface area contributed by atoms with E-state index >= 15 is 4.39 Å². The van der Waals surface area contributed by atoms with Gasteiger partial charge in [0.1, 0.15) is 23.5 Å². The zero-order chi connectivity index (χ0) is 27.6. The number of ether oxygens (including phenoxy) is 3. The average Bonchev–Trinajstić information content (AvgIpc) is 3.44. The number of pyridine rings is 1. The number of esters is 1. The maximum Gasteiger partial charge on any atom is 0.408 e. The molecule has 206 valence electrons. The van der Waals surface area contributed by atoms with E-state index in [0.29, 0.717) is 47.4 Å². The molecule has 3 aliphatic rings. The molecule has 10 heteroatoms. The largest absolute Gasteiger partial charge is 0.487 e. The van der Waals surface area contributed by atoms with Gasteiger partial charge in [-0.3, -0.25) is 9.36 Å². The van der Waals surface area contributed by atoms with Crippen LogP contribution in [0.3, 0.4) is 0 Å². The quantitative estimate of drug-likeness (QED) is 0.576. The third kappa shape index (κ3) is 4.27. The SMILES string of the molecule is CCc1c(F)c(N2CC[C@@H](C3(NC(=O)OC(C)(C)C)CC3)C2)c2c3c1cc(C(=O)OC)c(=O)n3[C@@H](C)CO2. The summed E-state index contributed by atoms with van der Waals surface area (Å²) in [5.74, 6) is -0.709. The van der Waals surface area contributed by atoms with E-state index in [9.17, 15) is 14.4 Å². The molecule has 2 aromatic rings. The van der Waals surface area contributed by atoms with Crippen molar-refractivity contribution in [1.82, 2.24) is 9.88 Å². The molecule has 0 bridgehead atoms. The molecule has 0 unspecified atom stereocenters. The summed E-state index contributed by atoms with van der Waals surface area (Å²) in [5, 5.41) is 3.57. The van der Waals surface area contributed by atoms with Gasteiger partial charge >= 0.3 is 12.1 Å². The molecule has 1 aliphatic carbocycles. The monoisotopic (exact) mass is 529 g/mol. The molecule has 3 heterocycles. The molecule has 2 aliphatic heterocycles. The summed E-state index contributed by atoms with van der Waals surface area (Å²) >= 11 is 0. The number of hydrogen-bond acceptors (Lipinski definition) is 7. The fourth-order valence-corrected chi connectivity index (χ4v) is 5.98. The van der Waals surface area contributed by atoms with Crippen LogP contribution in [0.5, 0.6) is 5.75 Å². The van der Waals surface area contributed by atoms with Gasteiger partial charge in [-0.15, -0.1) is 0 Å². The fraction of sp³-hybridized carbons (Fsp3) is 0.607. The van der Waals surface area contributed by atoms with Crippen LogP contribution in [0.15, 0.2) is 10.9 Å². The van der Waals surface area contributed by atoms with Gasteiger partial charge in [0.25, 0.3) is 5.56 Å². The van der Waals surface area contributed by atoms with Crippen LogP contribution in [0, 0.1) is 11.7 Å². The molecule has 1 saturated carbocycles. The Balaban J connectivity index is 1.56. The third-order valence-electron chi connectivity index (χ3n) is 7.96. The highest BCUT2D eigenvalue weighted by Crippen LogP contribution is 2.50. The summed E-state index contributed by atoms with van der Waals surface area (Å²) < 4.78 is 34.3. The molecule has 38 heavy (non-hydrogen) atoms. The number of alkyl carbamates (subject to hydrolysis) is 1. The Morgan fingerprint density at radius 2 is 2.00 bits per heavy atom. The number of hydrogen-bond donors (Lipinski definition) is 1. The van der Waals surface area contributed by atoms with Crippen molar-refractivity contribution in [3.63, 3.8) is 0 Å². The maximum atomic E-state index is 16.3. The lowest BCUT2D eigenvalue weighted by molar-refractivity contribution is 0.0476. The van der Waals surface area contributed by atoms with Crippen LogP contribution < -0.4 is 20.5 Å². The molecule has 1 aromatic carbocycles. The minimum atomic E-state index is -0.748. The van der Waals surface area contributed by atoms with E-state index in [-0.39, 0.29) is 29.7 Å². The van der Waals surface area contributed by atoms with E-state index in [2.05, 4.69) is 5.32 Å². The van der Waals surface area contributed by atoms with Crippen LogP contribution in [-0.2, 0) is 15.9 Å². The van der Waals surface area contributed by atoms with E-state index in [1.54, 1.807) is 4.57 Å². The van der Waals surface area contributed by atoms with Crippen molar-refractivity contribution in [1.29, 1.82) is 0 Å². The second kappa shape index (κ2) is 9.17. The third-order valence-corrected chi connectivity index (χ3v) is 7.96. The van der Waals surface area contributed by atoms with Gasteiger partial charge in [-0.2, -0.15) is 0 Å². The maximum absolute atomic E-state index is 16.3. The van der Waals surface area contributed by atoms with Gasteiger partial charge in [0.15, 0.2) is 11.6 Å². The molecule has 1 N–H and O–H groups in total. The van der Waals surface area contributed by atoms with Crippen molar-refractivity contribution in [2.75, 3.05) is 31.7 Å². The second-order valence-electron chi connectivity index (χ2n) is 11.7. The molecule has 5 rings (SSSR count). The predicted octanol–water partition coefficient (Wildman–Crippen LogP) is 4.33. The molecular weight excluding hydrogens is 493 g/mol. The minimum Gasteiger partial charge on any atom is -0.487 e. The Morgan fingerprint density at radius 3 is 2.61 bits per heavy atom. The predicted molar refractivity (Wildman–Crippen MR) is 141 cm³/mol. The smallest absolute Gasteiger partial charge is 0.408 e. The number of nitrogens with zero attached hydrogens (tertiary/aromatic N) is 2. The van der Waals surface area contributed by atoms with E-state index in [0.717, 1.165) is 19.3 Å². The van der Waals surface area contributed by atoms with Gasteiger partial charge in [-0.1, -0.05) is 6.92 Å². The normalized spacial score (nSPS) is 21.7. The van der Waals surface area contributed by atoms with Gasteiger partial charge in [-0.05, 0) is 65.0 Å². The van der Waals surface area contributed by atoms with E-state index in [4.69, 9.17) is 14.2 Å². The zero-order valence-corrected chi connectivity index (χ0v) is 22.9. The summed E-state index contributed by atoms with van der Waals surface area (Å²) in [5.41, 5.74) is -0.269. The lowest BCUT2D eigenvalue weighted by Crippen LogP contribution is -2.46. The van der Waals surface area contributed by atoms with Gasteiger partial charge in [0.05, 0.1) is 18.7 Å². The number of halogens is 1. The summed E-state index contributed by atoms with van der Waals surface area (Å²) in [4.78, 5) is 40.3. The highest BCUT2D eigenvalue weighted by atomic mass is 19.1. The Hall–Kier alpha value is -3.30. The number of benzene rings is 1. The van der Waals surface area contributed by atoms with E-state index in [1.807, 2.05) is 39.5 Å².